The fourth-order valence-electron chi connectivity index (χ4n) is 3.72. The van der Waals surface area contributed by atoms with Gasteiger partial charge >= 0.3 is 0 Å². The van der Waals surface area contributed by atoms with E-state index in [1.807, 2.05) is 12.1 Å². The lowest BCUT2D eigenvalue weighted by atomic mass is 9.82. The van der Waals surface area contributed by atoms with Crippen LogP contribution in [0.25, 0.3) is 0 Å². The molecule has 2 saturated heterocycles. The molecule has 20 heavy (non-hydrogen) atoms. The Hall–Kier alpha value is -0.0900. The summed E-state index contributed by atoms with van der Waals surface area (Å²) in [4.78, 5) is 2.61. The second kappa shape index (κ2) is 6.35. The Kier molecular flexibility index (Phi) is 4.71. The Morgan fingerprint density at radius 1 is 1.30 bits per heavy atom. The average molecular weight is 358 g/mol. The van der Waals surface area contributed by atoms with E-state index in [0.29, 0.717) is 6.04 Å². The zero-order valence-corrected chi connectivity index (χ0v) is 14.3. The molecule has 2 nitrogen and oxygen atoms in total. The van der Waals surface area contributed by atoms with Crippen LogP contribution < -0.4 is 5.32 Å². The van der Waals surface area contributed by atoms with Gasteiger partial charge in [-0.1, -0.05) is 34.0 Å². The summed E-state index contributed by atoms with van der Waals surface area (Å²) in [7, 11) is 2.30. The fraction of sp³-hybridized carbons (Fsp3) is 0.625. The van der Waals surface area contributed by atoms with E-state index in [0.717, 1.165) is 28.1 Å². The molecule has 3 rings (SSSR count). The van der Waals surface area contributed by atoms with Gasteiger partial charge in [0.2, 0.25) is 0 Å². The molecule has 1 aromatic carbocycles. The number of rotatable bonds is 3. The Balaban J connectivity index is 1.60. The maximum atomic E-state index is 6.08. The minimum atomic E-state index is 0.646. The second-order valence-electron chi connectivity index (χ2n) is 6.19. The van der Waals surface area contributed by atoms with E-state index in [-0.39, 0.29) is 0 Å². The van der Waals surface area contributed by atoms with Gasteiger partial charge in [-0.2, -0.15) is 0 Å². The molecule has 2 bridgehead atoms. The van der Waals surface area contributed by atoms with Crippen molar-refractivity contribution in [1.82, 2.24) is 10.2 Å². The van der Waals surface area contributed by atoms with Crippen LogP contribution in [0.5, 0.6) is 0 Å². The molecule has 2 aliphatic heterocycles. The van der Waals surface area contributed by atoms with Crippen LogP contribution in [-0.4, -0.2) is 30.1 Å². The average Bonchev–Trinajstić information content (AvgIpc) is 2.40. The monoisotopic (exact) mass is 356 g/mol. The van der Waals surface area contributed by atoms with Crippen molar-refractivity contribution in [3.63, 3.8) is 0 Å². The summed E-state index contributed by atoms with van der Waals surface area (Å²) >= 11 is 9.69. The summed E-state index contributed by atoms with van der Waals surface area (Å²) in [5.74, 6) is 0. The van der Waals surface area contributed by atoms with Crippen molar-refractivity contribution in [3.8, 4) is 0 Å². The van der Waals surface area contributed by atoms with E-state index >= 15 is 0 Å². The molecule has 0 radical (unpaired) electrons. The smallest absolute Gasteiger partial charge is 0.0410 e. The van der Waals surface area contributed by atoms with Gasteiger partial charge in [-0.15, -0.1) is 0 Å². The van der Waals surface area contributed by atoms with Crippen LogP contribution in [0.3, 0.4) is 0 Å². The highest BCUT2D eigenvalue weighted by Gasteiger charge is 2.35. The van der Waals surface area contributed by atoms with Gasteiger partial charge in [-0.3, -0.25) is 0 Å². The van der Waals surface area contributed by atoms with Gasteiger partial charge in [0.1, 0.15) is 0 Å². The van der Waals surface area contributed by atoms with Crippen molar-refractivity contribution in [1.29, 1.82) is 0 Å². The maximum Gasteiger partial charge on any atom is 0.0410 e. The van der Waals surface area contributed by atoms with Crippen LogP contribution in [0.15, 0.2) is 22.7 Å². The lowest BCUT2D eigenvalue weighted by Crippen LogP contribution is -2.54. The Bertz CT molecular complexity index is 466. The van der Waals surface area contributed by atoms with Crippen LogP contribution >= 0.6 is 27.5 Å². The Morgan fingerprint density at radius 3 is 2.70 bits per heavy atom. The lowest BCUT2D eigenvalue weighted by molar-refractivity contribution is 0.0482. The minimum Gasteiger partial charge on any atom is -0.310 e. The van der Waals surface area contributed by atoms with Crippen molar-refractivity contribution in [3.05, 3.63) is 33.3 Å². The number of piperidine rings is 2. The molecule has 0 amide bonds. The third-order valence-electron chi connectivity index (χ3n) is 4.93. The molecule has 2 heterocycles. The van der Waals surface area contributed by atoms with Crippen molar-refractivity contribution >= 4 is 27.5 Å². The van der Waals surface area contributed by atoms with Gasteiger partial charge < -0.3 is 10.2 Å². The normalized spacial score (nSPS) is 30.4. The summed E-state index contributed by atoms with van der Waals surface area (Å²) < 4.78 is 1.14. The largest absolute Gasteiger partial charge is 0.310 e. The van der Waals surface area contributed by atoms with Crippen molar-refractivity contribution in [2.24, 2.45) is 0 Å². The lowest BCUT2D eigenvalue weighted by Gasteiger charge is -2.47. The molecule has 0 saturated carbocycles. The quantitative estimate of drug-likeness (QED) is 0.872. The number of halogens is 2. The van der Waals surface area contributed by atoms with Gasteiger partial charge in [0.05, 0.1) is 0 Å². The molecular formula is C16H22BrClN2. The Morgan fingerprint density at radius 2 is 2.00 bits per heavy atom. The molecule has 0 spiro atoms. The second-order valence-corrected chi connectivity index (χ2v) is 7.48. The highest BCUT2D eigenvalue weighted by molar-refractivity contribution is 9.10. The van der Waals surface area contributed by atoms with Crippen molar-refractivity contribution in [2.45, 2.75) is 56.8 Å². The number of nitrogens with one attached hydrogen (secondary N) is 1. The highest BCUT2D eigenvalue weighted by atomic mass is 79.9. The van der Waals surface area contributed by atoms with Gasteiger partial charge in [-0.05, 0) is 56.5 Å². The fourth-order valence-corrected chi connectivity index (χ4v) is 4.30. The zero-order valence-electron chi connectivity index (χ0n) is 11.9. The summed E-state index contributed by atoms with van der Waals surface area (Å²) in [6.07, 6.45) is 6.71. The molecule has 1 N–H and O–H groups in total. The minimum absolute atomic E-state index is 0.646. The van der Waals surface area contributed by atoms with Crippen LogP contribution in [0.2, 0.25) is 5.02 Å². The van der Waals surface area contributed by atoms with Crippen molar-refractivity contribution in [2.75, 3.05) is 7.05 Å². The molecule has 0 aliphatic carbocycles. The summed E-state index contributed by atoms with van der Waals surface area (Å²) in [6, 6.07) is 8.21. The van der Waals surface area contributed by atoms with E-state index in [4.69, 9.17) is 11.6 Å². The molecule has 2 fully saturated rings. The first-order valence-corrected chi connectivity index (χ1v) is 8.70. The summed E-state index contributed by atoms with van der Waals surface area (Å²) in [5, 5.41) is 4.55. The SMILES string of the molecule is CN1C2CCCC1CC(NCc1cc(Cl)ccc1Br)C2. The predicted molar refractivity (Wildman–Crippen MR) is 88.2 cm³/mol. The number of benzene rings is 1. The summed E-state index contributed by atoms with van der Waals surface area (Å²) in [6.45, 7) is 0.898. The number of hydrogen-bond donors (Lipinski definition) is 1. The number of fused-ring (bicyclic) bond motifs is 2. The Labute approximate surface area is 135 Å². The number of hydrogen-bond acceptors (Lipinski definition) is 2. The van der Waals surface area contributed by atoms with Crippen LogP contribution in [-0.2, 0) is 6.54 Å². The molecule has 110 valence electrons. The maximum absolute atomic E-state index is 6.08. The van der Waals surface area contributed by atoms with E-state index < -0.39 is 0 Å². The predicted octanol–water partition coefficient (Wildman–Crippen LogP) is 4.21. The van der Waals surface area contributed by atoms with Crippen molar-refractivity contribution < 1.29 is 0 Å². The topological polar surface area (TPSA) is 15.3 Å². The zero-order chi connectivity index (χ0) is 14.1. The first-order valence-electron chi connectivity index (χ1n) is 7.52. The molecule has 2 aliphatic rings. The van der Waals surface area contributed by atoms with E-state index in [2.05, 4.69) is 39.3 Å². The third-order valence-corrected chi connectivity index (χ3v) is 5.94. The molecular weight excluding hydrogens is 336 g/mol. The third kappa shape index (κ3) is 3.22. The van der Waals surface area contributed by atoms with Crippen LogP contribution in [0.4, 0.5) is 0 Å². The van der Waals surface area contributed by atoms with E-state index in [9.17, 15) is 0 Å². The van der Waals surface area contributed by atoms with Gasteiger partial charge in [0, 0.05) is 34.2 Å². The van der Waals surface area contributed by atoms with Crippen LogP contribution in [0.1, 0.15) is 37.7 Å². The molecule has 2 atom stereocenters. The molecule has 1 aromatic rings. The van der Waals surface area contributed by atoms with Gasteiger partial charge in [0.15, 0.2) is 0 Å². The first-order chi connectivity index (χ1) is 9.63. The highest BCUT2D eigenvalue weighted by Crippen LogP contribution is 2.33. The first kappa shape index (κ1) is 14.8. The van der Waals surface area contributed by atoms with E-state index in [1.165, 1.54) is 37.7 Å². The van der Waals surface area contributed by atoms with Gasteiger partial charge in [0.25, 0.3) is 0 Å². The molecule has 0 aromatic heterocycles. The van der Waals surface area contributed by atoms with Gasteiger partial charge in [-0.25, -0.2) is 0 Å². The number of nitrogens with zero attached hydrogens (tertiary/aromatic N) is 1. The standard InChI is InChI=1S/C16H22BrClN2/c1-20-14-3-2-4-15(20)9-13(8-14)19-10-11-7-12(18)5-6-16(11)17/h5-7,13-15,19H,2-4,8-10H2,1H3. The van der Waals surface area contributed by atoms with Crippen LogP contribution in [0, 0.1) is 0 Å². The summed E-state index contributed by atoms with van der Waals surface area (Å²) in [5.41, 5.74) is 1.25. The van der Waals surface area contributed by atoms with E-state index in [1.54, 1.807) is 0 Å². The molecule has 4 heteroatoms. The molecule has 2 unspecified atom stereocenters.